The summed E-state index contributed by atoms with van der Waals surface area (Å²) < 4.78 is 0. The van der Waals surface area contributed by atoms with Gasteiger partial charge in [0.1, 0.15) is 0 Å². The molecule has 6 heteroatoms. The third kappa shape index (κ3) is 0.844. The van der Waals surface area contributed by atoms with Gasteiger partial charge in [0.05, 0.1) is 23.7 Å². The maximum Gasteiger partial charge on any atom is 0.233 e. The van der Waals surface area contributed by atoms with Crippen LogP contribution in [-0.2, 0) is 19.2 Å². The second kappa shape index (κ2) is 2.96. The van der Waals surface area contributed by atoms with Gasteiger partial charge in [-0.25, -0.2) is 0 Å². The van der Waals surface area contributed by atoms with Crippen LogP contribution in [0.4, 0.5) is 0 Å². The highest BCUT2D eigenvalue weighted by Gasteiger charge is 2.84. The molecule has 0 N–H and O–H groups in total. The van der Waals surface area contributed by atoms with Gasteiger partial charge in [-0.15, -0.1) is 0 Å². The zero-order valence-electron chi connectivity index (χ0n) is 11.6. The van der Waals surface area contributed by atoms with E-state index in [1.807, 2.05) is 12.2 Å². The summed E-state index contributed by atoms with van der Waals surface area (Å²) in [5.74, 6) is -2.46. The van der Waals surface area contributed by atoms with Crippen LogP contribution >= 0.6 is 0 Å². The summed E-state index contributed by atoms with van der Waals surface area (Å²) in [4.78, 5) is 51.8. The minimum Gasteiger partial charge on any atom is -0.285 e. The minimum absolute atomic E-state index is 0.0570. The van der Waals surface area contributed by atoms with E-state index in [4.69, 9.17) is 0 Å². The smallest absolute Gasteiger partial charge is 0.233 e. The normalized spacial score (nSPS) is 52.5. The molecule has 2 saturated carbocycles. The van der Waals surface area contributed by atoms with Crippen molar-refractivity contribution in [3.63, 3.8) is 0 Å². The van der Waals surface area contributed by atoms with Gasteiger partial charge >= 0.3 is 0 Å². The summed E-state index contributed by atoms with van der Waals surface area (Å²) in [7, 11) is 3.02. The Kier molecular flexibility index (Phi) is 1.64. The van der Waals surface area contributed by atoms with E-state index in [1.165, 1.54) is 23.9 Å². The van der Waals surface area contributed by atoms with Crippen molar-refractivity contribution in [3.8, 4) is 0 Å². The lowest BCUT2D eigenvalue weighted by Gasteiger charge is -2.58. The van der Waals surface area contributed by atoms with E-state index < -0.39 is 17.3 Å². The first-order chi connectivity index (χ1) is 9.93. The average Bonchev–Trinajstić information content (AvgIpc) is 2.79. The third-order valence-electron chi connectivity index (χ3n) is 6.64. The van der Waals surface area contributed by atoms with Crippen molar-refractivity contribution in [2.24, 2.45) is 40.9 Å². The fourth-order valence-electron chi connectivity index (χ4n) is 5.78. The summed E-state index contributed by atoms with van der Waals surface area (Å²) >= 11 is 0. The number of imide groups is 2. The van der Waals surface area contributed by atoms with Gasteiger partial charge in [-0.2, -0.15) is 0 Å². The maximum absolute atomic E-state index is 12.4. The van der Waals surface area contributed by atoms with Crippen LogP contribution in [-0.4, -0.2) is 47.5 Å². The molecule has 0 bridgehead atoms. The molecule has 1 spiro atoms. The molecule has 5 rings (SSSR count). The highest BCUT2D eigenvalue weighted by molar-refractivity contribution is 6.11. The van der Waals surface area contributed by atoms with Crippen LogP contribution in [0, 0.1) is 40.9 Å². The van der Waals surface area contributed by atoms with E-state index in [9.17, 15) is 19.2 Å². The SMILES string of the molecule is CN1C(=O)C2C(C1=O)C1C3C(=O)N(C)C(=O)C3C13C=CC23. The lowest BCUT2D eigenvalue weighted by molar-refractivity contribution is -0.159. The predicted molar refractivity (Wildman–Crippen MR) is 68.1 cm³/mol. The summed E-state index contributed by atoms with van der Waals surface area (Å²) in [5.41, 5.74) is -0.413. The molecule has 6 nitrogen and oxygen atoms in total. The number of allylic oxidation sites excluding steroid dienone is 2. The molecule has 0 radical (unpaired) electrons. The number of amides is 4. The Hall–Kier alpha value is -1.98. The molecule has 7 unspecified atom stereocenters. The molecular weight excluding hydrogens is 272 g/mol. The molecule has 0 aromatic carbocycles. The molecule has 3 aliphatic carbocycles. The fourth-order valence-corrected chi connectivity index (χ4v) is 5.78. The topological polar surface area (TPSA) is 74.8 Å². The Bertz CT molecular complexity index is 684. The number of likely N-dealkylation sites (tertiary alicyclic amines) is 2. The molecule has 5 aliphatic rings. The zero-order chi connectivity index (χ0) is 14.8. The van der Waals surface area contributed by atoms with Crippen LogP contribution in [0.1, 0.15) is 0 Å². The number of fused-ring (bicyclic) bond motifs is 5. The lowest BCUT2D eigenvalue weighted by atomic mass is 9.42. The molecule has 4 fully saturated rings. The first kappa shape index (κ1) is 11.7. The summed E-state index contributed by atoms with van der Waals surface area (Å²) in [6.45, 7) is 0. The quantitative estimate of drug-likeness (QED) is 0.434. The van der Waals surface area contributed by atoms with Gasteiger partial charge in [0, 0.05) is 19.5 Å². The van der Waals surface area contributed by atoms with Gasteiger partial charge in [-0.1, -0.05) is 12.2 Å². The minimum atomic E-state index is -0.424. The monoisotopic (exact) mass is 286 g/mol. The second-order valence-electron chi connectivity index (χ2n) is 6.94. The largest absolute Gasteiger partial charge is 0.285 e. The van der Waals surface area contributed by atoms with Gasteiger partial charge in [0.2, 0.25) is 23.6 Å². The zero-order valence-corrected chi connectivity index (χ0v) is 11.6. The molecule has 2 heterocycles. The molecule has 7 atom stereocenters. The number of hydrogen-bond acceptors (Lipinski definition) is 4. The molecular formula is C15H14N2O4. The van der Waals surface area contributed by atoms with E-state index >= 15 is 0 Å². The van der Waals surface area contributed by atoms with Crippen LogP contribution in [0.2, 0.25) is 0 Å². The molecule has 2 aliphatic heterocycles. The van der Waals surface area contributed by atoms with E-state index in [-0.39, 0.29) is 47.3 Å². The Morgan fingerprint density at radius 2 is 1.43 bits per heavy atom. The van der Waals surface area contributed by atoms with Crippen molar-refractivity contribution in [1.82, 2.24) is 9.80 Å². The van der Waals surface area contributed by atoms with Crippen LogP contribution in [0.25, 0.3) is 0 Å². The van der Waals surface area contributed by atoms with Crippen LogP contribution in [0.3, 0.4) is 0 Å². The first-order valence-electron chi connectivity index (χ1n) is 7.25. The molecule has 108 valence electrons. The lowest BCUT2D eigenvalue weighted by Crippen LogP contribution is -2.62. The first-order valence-corrected chi connectivity index (χ1v) is 7.25. The van der Waals surface area contributed by atoms with Gasteiger partial charge in [-0.3, -0.25) is 29.0 Å². The fraction of sp³-hybridized carbons (Fsp3) is 0.600. The van der Waals surface area contributed by atoms with Crippen molar-refractivity contribution in [1.29, 1.82) is 0 Å². The highest BCUT2D eigenvalue weighted by Crippen LogP contribution is 2.78. The Balaban J connectivity index is 1.68. The van der Waals surface area contributed by atoms with Crippen LogP contribution < -0.4 is 0 Å². The summed E-state index contributed by atoms with van der Waals surface area (Å²) in [6, 6.07) is 0. The Morgan fingerprint density at radius 1 is 0.857 bits per heavy atom. The van der Waals surface area contributed by atoms with E-state index in [0.29, 0.717) is 0 Å². The average molecular weight is 286 g/mol. The van der Waals surface area contributed by atoms with E-state index in [0.717, 1.165) is 0 Å². The molecule has 4 amide bonds. The molecule has 0 aromatic rings. The number of hydrogen-bond donors (Lipinski definition) is 0. The third-order valence-corrected chi connectivity index (χ3v) is 6.64. The maximum atomic E-state index is 12.4. The van der Waals surface area contributed by atoms with Crippen molar-refractivity contribution in [2.45, 2.75) is 0 Å². The Labute approximate surface area is 120 Å². The molecule has 2 saturated heterocycles. The van der Waals surface area contributed by atoms with Crippen LogP contribution in [0.5, 0.6) is 0 Å². The number of nitrogens with zero attached hydrogens (tertiary/aromatic N) is 2. The van der Waals surface area contributed by atoms with Gasteiger partial charge in [0.15, 0.2) is 0 Å². The molecule has 0 aromatic heterocycles. The van der Waals surface area contributed by atoms with Gasteiger partial charge in [-0.05, 0) is 11.8 Å². The van der Waals surface area contributed by atoms with Crippen molar-refractivity contribution in [3.05, 3.63) is 12.2 Å². The van der Waals surface area contributed by atoms with Crippen molar-refractivity contribution >= 4 is 23.6 Å². The van der Waals surface area contributed by atoms with Crippen LogP contribution in [0.15, 0.2) is 12.2 Å². The van der Waals surface area contributed by atoms with Crippen molar-refractivity contribution < 1.29 is 19.2 Å². The van der Waals surface area contributed by atoms with E-state index in [2.05, 4.69) is 0 Å². The summed E-state index contributed by atoms with van der Waals surface area (Å²) in [5, 5.41) is 0. The predicted octanol–water partition coefficient (Wildman–Crippen LogP) is -0.736. The summed E-state index contributed by atoms with van der Waals surface area (Å²) in [6.07, 6.45) is 3.93. The van der Waals surface area contributed by atoms with Gasteiger partial charge in [0.25, 0.3) is 0 Å². The van der Waals surface area contributed by atoms with Gasteiger partial charge < -0.3 is 0 Å². The van der Waals surface area contributed by atoms with Crippen molar-refractivity contribution in [2.75, 3.05) is 14.1 Å². The highest BCUT2D eigenvalue weighted by atomic mass is 16.2. The number of rotatable bonds is 0. The standard InChI is InChI=1S/C15H14N2O4/c1-16-11(18)6-5-3-4-15(5)9(7(6)12(16)19)8-10(15)14(21)17(2)13(8)20/h3-10H,1-2H3. The second-order valence-corrected chi connectivity index (χ2v) is 6.94. The number of carbonyl (C=O) groups excluding carboxylic acids is 4. The van der Waals surface area contributed by atoms with E-state index in [1.54, 1.807) is 0 Å². The number of carbonyl (C=O) groups is 4. The molecule has 21 heavy (non-hydrogen) atoms. The Morgan fingerprint density at radius 3 is 2.05 bits per heavy atom.